The zero-order chi connectivity index (χ0) is 21.6. The van der Waals surface area contributed by atoms with E-state index in [4.69, 9.17) is 19.2 Å². The number of ether oxygens (including phenoxy) is 3. The number of aromatic nitrogens is 3. The van der Waals surface area contributed by atoms with Crippen molar-refractivity contribution < 1.29 is 14.2 Å². The number of rotatable bonds is 9. The van der Waals surface area contributed by atoms with E-state index in [1.807, 2.05) is 42.5 Å². The summed E-state index contributed by atoms with van der Waals surface area (Å²) in [5.41, 5.74) is 2.91. The standard InChI is InChI=1S/C21H20N4O3S3/c1-26-16-6-4-5-14(10-16)23-20-24-25-21(31-20)30-12-15-11-29-19(22-15)13-7-8-17(27-2)18(9-13)28-3/h4-11H,12H2,1-3H3,(H,23,24). The van der Waals surface area contributed by atoms with Gasteiger partial charge in [0.2, 0.25) is 5.13 Å². The molecule has 0 saturated heterocycles. The second kappa shape index (κ2) is 9.99. The molecule has 0 fully saturated rings. The van der Waals surface area contributed by atoms with Crippen LogP contribution < -0.4 is 19.5 Å². The maximum Gasteiger partial charge on any atom is 0.210 e. The molecule has 0 amide bonds. The van der Waals surface area contributed by atoms with E-state index in [-0.39, 0.29) is 0 Å². The van der Waals surface area contributed by atoms with Crippen molar-refractivity contribution in [3.05, 3.63) is 53.5 Å². The molecule has 0 aliphatic rings. The number of methoxy groups -OCH3 is 3. The minimum atomic E-state index is 0.691. The highest BCUT2D eigenvalue weighted by Crippen LogP contribution is 2.35. The third kappa shape index (κ3) is 5.27. The molecule has 10 heteroatoms. The fraction of sp³-hybridized carbons (Fsp3) is 0.190. The van der Waals surface area contributed by atoms with Crippen molar-refractivity contribution in [2.45, 2.75) is 10.1 Å². The smallest absolute Gasteiger partial charge is 0.210 e. The number of nitrogens with zero attached hydrogens (tertiary/aromatic N) is 3. The second-order valence-corrected chi connectivity index (χ2v) is 9.29. The summed E-state index contributed by atoms with van der Waals surface area (Å²) >= 11 is 4.72. The van der Waals surface area contributed by atoms with Crippen LogP contribution in [-0.2, 0) is 5.75 Å². The summed E-state index contributed by atoms with van der Waals surface area (Å²) in [5.74, 6) is 2.90. The van der Waals surface area contributed by atoms with E-state index in [0.29, 0.717) is 11.5 Å². The lowest BCUT2D eigenvalue weighted by Crippen LogP contribution is -1.90. The lowest BCUT2D eigenvalue weighted by atomic mass is 10.2. The van der Waals surface area contributed by atoms with Crippen LogP contribution in [0.15, 0.2) is 52.2 Å². The van der Waals surface area contributed by atoms with Crippen LogP contribution in [0.1, 0.15) is 5.69 Å². The van der Waals surface area contributed by atoms with E-state index in [9.17, 15) is 0 Å². The van der Waals surface area contributed by atoms with Gasteiger partial charge in [0.05, 0.1) is 27.0 Å². The molecule has 31 heavy (non-hydrogen) atoms. The number of thioether (sulfide) groups is 1. The Kier molecular flexibility index (Phi) is 6.90. The van der Waals surface area contributed by atoms with Gasteiger partial charge in [-0.1, -0.05) is 29.2 Å². The molecule has 0 unspecified atom stereocenters. The first-order chi connectivity index (χ1) is 15.2. The van der Waals surface area contributed by atoms with E-state index in [0.717, 1.165) is 42.9 Å². The summed E-state index contributed by atoms with van der Waals surface area (Å²) in [4.78, 5) is 4.75. The summed E-state index contributed by atoms with van der Waals surface area (Å²) in [6.07, 6.45) is 0. The van der Waals surface area contributed by atoms with Gasteiger partial charge in [-0.05, 0) is 30.3 Å². The highest BCUT2D eigenvalue weighted by Gasteiger charge is 2.11. The quantitative estimate of drug-likeness (QED) is 0.310. The largest absolute Gasteiger partial charge is 0.497 e. The monoisotopic (exact) mass is 472 g/mol. The van der Waals surface area contributed by atoms with Crippen LogP contribution in [0.25, 0.3) is 10.6 Å². The molecule has 2 heterocycles. The predicted molar refractivity (Wildman–Crippen MR) is 126 cm³/mol. The van der Waals surface area contributed by atoms with Crippen LogP contribution in [0, 0.1) is 0 Å². The van der Waals surface area contributed by atoms with Gasteiger partial charge < -0.3 is 19.5 Å². The lowest BCUT2D eigenvalue weighted by molar-refractivity contribution is 0.355. The van der Waals surface area contributed by atoms with E-state index in [1.54, 1.807) is 44.4 Å². The molecule has 1 N–H and O–H groups in total. The number of benzene rings is 2. The maximum absolute atomic E-state index is 5.39. The Balaban J connectivity index is 1.38. The van der Waals surface area contributed by atoms with Gasteiger partial charge in [0, 0.05) is 28.5 Å². The van der Waals surface area contributed by atoms with Gasteiger partial charge in [0.25, 0.3) is 0 Å². The second-order valence-electron chi connectivity index (χ2n) is 6.23. The molecule has 0 aliphatic heterocycles. The fourth-order valence-electron chi connectivity index (χ4n) is 2.75. The molecule has 2 aromatic heterocycles. The van der Waals surface area contributed by atoms with Crippen molar-refractivity contribution in [2.24, 2.45) is 0 Å². The Hall–Kier alpha value is -2.82. The average Bonchev–Trinajstić information content (AvgIpc) is 3.47. The number of hydrogen-bond acceptors (Lipinski definition) is 10. The molecule has 0 aliphatic carbocycles. The highest BCUT2D eigenvalue weighted by atomic mass is 32.2. The number of hydrogen-bond donors (Lipinski definition) is 1. The van der Waals surface area contributed by atoms with Crippen LogP contribution in [0.4, 0.5) is 10.8 Å². The summed E-state index contributed by atoms with van der Waals surface area (Å²) in [6, 6.07) is 13.5. The number of thiazole rings is 1. The predicted octanol–water partition coefficient (Wildman–Crippen LogP) is 5.72. The van der Waals surface area contributed by atoms with Gasteiger partial charge in [-0.15, -0.1) is 21.5 Å². The van der Waals surface area contributed by atoms with Crippen LogP contribution in [0.3, 0.4) is 0 Å². The third-order valence-corrected chi connectivity index (χ3v) is 7.20. The van der Waals surface area contributed by atoms with Crippen molar-refractivity contribution in [1.29, 1.82) is 0 Å². The van der Waals surface area contributed by atoms with Crippen molar-refractivity contribution in [3.8, 4) is 27.8 Å². The molecule has 4 aromatic rings. The van der Waals surface area contributed by atoms with Crippen LogP contribution in [0.5, 0.6) is 17.2 Å². The molecular formula is C21H20N4O3S3. The molecular weight excluding hydrogens is 452 g/mol. The van der Waals surface area contributed by atoms with Crippen LogP contribution >= 0.6 is 34.4 Å². The fourth-order valence-corrected chi connectivity index (χ4v) is 5.34. The van der Waals surface area contributed by atoms with Gasteiger partial charge >= 0.3 is 0 Å². The van der Waals surface area contributed by atoms with Crippen LogP contribution in [-0.4, -0.2) is 36.5 Å². The molecule has 7 nitrogen and oxygen atoms in total. The van der Waals surface area contributed by atoms with Crippen molar-refractivity contribution in [3.63, 3.8) is 0 Å². The van der Waals surface area contributed by atoms with Gasteiger partial charge in [-0.3, -0.25) is 0 Å². The van der Waals surface area contributed by atoms with Gasteiger partial charge in [0.15, 0.2) is 15.8 Å². The average molecular weight is 473 g/mol. The van der Waals surface area contributed by atoms with Crippen molar-refractivity contribution in [1.82, 2.24) is 15.2 Å². The normalized spacial score (nSPS) is 10.7. The minimum absolute atomic E-state index is 0.691. The molecule has 160 valence electrons. The van der Waals surface area contributed by atoms with Crippen LogP contribution in [0.2, 0.25) is 0 Å². The molecule has 0 atom stereocenters. The first kappa shape index (κ1) is 21.4. The highest BCUT2D eigenvalue weighted by molar-refractivity contribution is 8.00. The topological polar surface area (TPSA) is 78.4 Å². The van der Waals surface area contributed by atoms with Crippen molar-refractivity contribution >= 4 is 45.3 Å². The van der Waals surface area contributed by atoms with Crippen molar-refractivity contribution in [2.75, 3.05) is 26.6 Å². The number of anilines is 2. The third-order valence-electron chi connectivity index (χ3n) is 4.25. The summed E-state index contributed by atoms with van der Waals surface area (Å²) in [6.45, 7) is 0. The summed E-state index contributed by atoms with van der Waals surface area (Å²) < 4.78 is 16.8. The molecule has 0 radical (unpaired) electrons. The molecule has 2 aromatic carbocycles. The van der Waals surface area contributed by atoms with E-state index >= 15 is 0 Å². The van der Waals surface area contributed by atoms with E-state index in [2.05, 4.69) is 20.9 Å². The Morgan fingerprint density at radius 2 is 1.84 bits per heavy atom. The first-order valence-corrected chi connectivity index (χ1v) is 11.9. The van der Waals surface area contributed by atoms with E-state index < -0.39 is 0 Å². The minimum Gasteiger partial charge on any atom is -0.497 e. The SMILES string of the molecule is COc1cccc(Nc2nnc(SCc3csc(-c4ccc(OC)c(OC)c4)n3)s2)c1. The molecule has 4 rings (SSSR count). The maximum atomic E-state index is 5.39. The van der Waals surface area contributed by atoms with Gasteiger partial charge in [-0.25, -0.2) is 4.98 Å². The zero-order valence-electron chi connectivity index (χ0n) is 17.1. The lowest BCUT2D eigenvalue weighted by Gasteiger charge is -2.08. The Morgan fingerprint density at radius 3 is 2.65 bits per heavy atom. The molecule has 0 bridgehead atoms. The molecule has 0 saturated carbocycles. The van der Waals surface area contributed by atoms with Gasteiger partial charge in [-0.2, -0.15) is 0 Å². The Labute approximate surface area is 192 Å². The molecule has 0 spiro atoms. The van der Waals surface area contributed by atoms with E-state index in [1.165, 1.54) is 11.3 Å². The summed E-state index contributed by atoms with van der Waals surface area (Å²) in [5, 5.41) is 15.5. The van der Waals surface area contributed by atoms with Gasteiger partial charge in [0.1, 0.15) is 10.8 Å². The Morgan fingerprint density at radius 1 is 0.968 bits per heavy atom. The summed E-state index contributed by atoms with van der Waals surface area (Å²) in [7, 11) is 4.90. The number of nitrogens with one attached hydrogen (secondary N) is 1. The first-order valence-electron chi connectivity index (χ1n) is 9.22. The zero-order valence-corrected chi connectivity index (χ0v) is 19.6. The Bertz CT molecular complexity index is 1160.